The number of nitrogens with zero attached hydrogens (tertiary/aromatic N) is 1. The standard InChI is InChI=1S/C19H25NO2S/c1-18(2,3)13-8-12(15-11-23-16(10-21)20-15)9-14(17(13)22-7)19(4,5)6/h8-11H,1-7H3. The van der Waals surface area contributed by atoms with Crippen LogP contribution in [0.4, 0.5) is 0 Å². The predicted octanol–water partition coefficient (Wildman–Crippen LogP) is 5.23. The zero-order valence-corrected chi connectivity index (χ0v) is 15.8. The lowest BCUT2D eigenvalue weighted by Gasteiger charge is -2.29. The lowest BCUT2D eigenvalue weighted by atomic mass is 9.78. The Balaban J connectivity index is 2.77. The number of thiazole rings is 1. The van der Waals surface area contributed by atoms with Crippen LogP contribution in [0.15, 0.2) is 17.5 Å². The first-order valence-electron chi connectivity index (χ1n) is 7.72. The summed E-state index contributed by atoms with van der Waals surface area (Å²) < 4.78 is 5.77. The van der Waals surface area contributed by atoms with Gasteiger partial charge in [0.15, 0.2) is 11.3 Å². The summed E-state index contributed by atoms with van der Waals surface area (Å²) in [4.78, 5) is 15.3. The van der Waals surface area contributed by atoms with Crippen molar-refractivity contribution in [1.82, 2.24) is 4.98 Å². The Morgan fingerprint density at radius 1 is 1.04 bits per heavy atom. The highest BCUT2D eigenvalue weighted by atomic mass is 32.1. The molecule has 0 unspecified atom stereocenters. The Morgan fingerprint density at radius 3 is 1.91 bits per heavy atom. The smallest absolute Gasteiger partial charge is 0.178 e. The maximum Gasteiger partial charge on any atom is 0.178 e. The Bertz CT molecular complexity index is 683. The van der Waals surface area contributed by atoms with E-state index in [-0.39, 0.29) is 10.8 Å². The molecule has 0 aliphatic rings. The first kappa shape index (κ1) is 17.7. The fourth-order valence-corrected chi connectivity index (χ4v) is 3.21. The van der Waals surface area contributed by atoms with E-state index in [1.54, 1.807) is 7.11 Å². The summed E-state index contributed by atoms with van der Waals surface area (Å²) in [5.74, 6) is 0.944. The van der Waals surface area contributed by atoms with Crippen LogP contribution in [-0.2, 0) is 10.8 Å². The molecule has 0 aliphatic heterocycles. The van der Waals surface area contributed by atoms with Crippen LogP contribution in [0.25, 0.3) is 11.3 Å². The number of hydrogen-bond acceptors (Lipinski definition) is 4. The quantitative estimate of drug-likeness (QED) is 0.723. The molecular weight excluding hydrogens is 306 g/mol. The topological polar surface area (TPSA) is 39.2 Å². The first-order chi connectivity index (χ1) is 10.6. The summed E-state index contributed by atoms with van der Waals surface area (Å²) in [6.45, 7) is 13.1. The average Bonchev–Trinajstić information content (AvgIpc) is 2.92. The Labute approximate surface area is 142 Å². The summed E-state index contributed by atoms with van der Waals surface area (Å²) in [5, 5.41) is 2.44. The van der Waals surface area contributed by atoms with Crippen LogP contribution >= 0.6 is 11.3 Å². The van der Waals surface area contributed by atoms with Gasteiger partial charge in [0.05, 0.1) is 12.8 Å². The van der Waals surface area contributed by atoms with Crippen molar-refractivity contribution < 1.29 is 9.53 Å². The summed E-state index contributed by atoms with van der Waals surface area (Å²) >= 11 is 1.37. The van der Waals surface area contributed by atoms with Gasteiger partial charge in [-0.1, -0.05) is 41.5 Å². The van der Waals surface area contributed by atoms with E-state index in [9.17, 15) is 4.79 Å². The third-order valence-corrected chi connectivity index (χ3v) is 4.60. The maximum absolute atomic E-state index is 10.9. The summed E-state index contributed by atoms with van der Waals surface area (Å²) in [5.41, 5.74) is 4.09. The molecule has 0 amide bonds. The van der Waals surface area contributed by atoms with Crippen LogP contribution in [0.3, 0.4) is 0 Å². The molecule has 0 N–H and O–H groups in total. The average molecular weight is 331 g/mol. The number of aldehydes is 1. The molecule has 0 atom stereocenters. The normalized spacial score (nSPS) is 12.3. The molecule has 0 fully saturated rings. The van der Waals surface area contributed by atoms with Crippen LogP contribution in [0.1, 0.15) is 62.5 Å². The minimum absolute atomic E-state index is 0.0507. The Morgan fingerprint density at radius 2 is 1.57 bits per heavy atom. The molecule has 1 heterocycles. The van der Waals surface area contributed by atoms with E-state index >= 15 is 0 Å². The van der Waals surface area contributed by atoms with Crippen LogP contribution in [0.5, 0.6) is 5.75 Å². The zero-order valence-electron chi connectivity index (χ0n) is 15.0. The van der Waals surface area contributed by atoms with Crippen LogP contribution in [-0.4, -0.2) is 18.4 Å². The van der Waals surface area contributed by atoms with Crippen molar-refractivity contribution in [2.45, 2.75) is 52.4 Å². The highest BCUT2D eigenvalue weighted by Gasteiger charge is 2.28. The summed E-state index contributed by atoms with van der Waals surface area (Å²) in [7, 11) is 1.73. The fraction of sp³-hybridized carbons (Fsp3) is 0.474. The second-order valence-electron chi connectivity index (χ2n) is 7.79. The van der Waals surface area contributed by atoms with E-state index < -0.39 is 0 Å². The van der Waals surface area contributed by atoms with E-state index in [1.165, 1.54) is 11.3 Å². The molecule has 0 saturated carbocycles. The van der Waals surface area contributed by atoms with Crippen molar-refractivity contribution in [2.75, 3.05) is 7.11 Å². The zero-order chi connectivity index (χ0) is 17.4. The molecule has 3 nitrogen and oxygen atoms in total. The third kappa shape index (κ3) is 3.63. The van der Waals surface area contributed by atoms with E-state index in [0.717, 1.165) is 34.4 Å². The minimum atomic E-state index is -0.0507. The van der Waals surface area contributed by atoms with Gasteiger partial charge in [-0.15, -0.1) is 11.3 Å². The van der Waals surface area contributed by atoms with Gasteiger partial charge in [-0.05, 0) is 23.0 Å². The van der Waals surface area contributed by atoms with E-state index in [2.05, 4.69) is 58.7 Å². The molecule has 0 aliphatic carbocycles. The number of carbonyl (C=O) groups excluding carboxylic acids is 1. The molecule has 0 spiro atoms. The van der Waals surface area contributed by atoms with Crippen LogP contribution < -0.4 is 4.74 Å². The van der Waals surface area contributed by atoms with Crippen molar-refractivity contribution in [2.24, 2.45) is 0 Å². The van der Waals surface area contributed by atoms with Gasteiger partial charge in [-0.25, -0.2) is 4.98 Å². The van der Waals surface area contributed by atoms with Gasteiger partial charge in [0.2, 0.25) is 0 Å². The number of rotatable bonds is 3. The van der Waals surface area contributed by atoms with E-state index in [4.69, 9.17) is 4.74 Å². The molecule has 23 heavy (non-hydrogen) atoms. The molecule has 4 heteroatoms. The van der Waals surface area contributed by atoms with Crippen LogP contribution in [0, 0.1) is 0 Å². The van der Waals surface area contributed by atoms with Gasteiger partial charge in [0.25, 0.3) is 0 Å². The molecule has 124 valence electrons. The molecular formula is C19H25NO2S. The largest absolute Gasteiger partial charge is 0.496 e. The highest BCUT2D eigenvalue weighted by Crippen LogP contribution is 2.42. The number of ether oxygens (including phenoxy) is 1. The highest BCUT2D eigenvalue weighted by molar-refractivity contribution is 7.11. The van der Waals surface area contributed by atoms with E-state index in [1.807, 2.05) is 5.38 Å². The lowest BCUT2D eigenvalue weighted by Crippen LogP contribution is -2.19. The third-order valence-electron chi connectivity index (χ3n) is 3.83. The van der Waals surface area contributed by atoms with Gasteiger partial charge < -0.3 is 4.74 Å². The monoisotopic (exact) mass is 331 g/mol. The van der Waals surface area contributed by atoms with Gasteiger partial charge in [0, 0.05) is 22.1 Å². The number of aromatic nitrogens is 1. The van der Waals surface area contributed by atoms with Crippen molar-refractivity contribution in [1.29, 1.82) is 0 Å². The summed E-state index contributed by atoms with van der Waals surface area (Å²) in [6, 6.07) is 4.27. The molecule has 1 aromatic heterocycles. The molecule has 0 bridgehead atoms. The maximum atomic E-state index is 10.9. The first-order valence-corrected chi connectivity index (χ1v) is 8.60. The number of methoxy groups -OCH3 is 1. The van der Waals surface area contributed by atoms with Gasteiger partial charge in [0.1, 0.15) is 5.75 Å². The van der Waals surface area contributed by atoms with Gasteiger partial charge in [-0.2, -0.15) is 0 Å². The molecule has 2 rings (SSSR count). The second kappa shape index (κ2) is 6.08. The van der Waals surface area contributed by atoms with Crippen molar-refractivity contribution in [3.8, 4) is 17.0 Å². The lowest BCUT2D eigenvalue weighted by molar-refractivity contribution is 0.112. The van der Waals surface area contributed by atoms with Gasteiger partial charge >= 0.3 is 0 Å². The van der Waals surface area contributed by atoms with E-state index in [0.29, 0.717) is 5.01 Å². The second-order valence-corrected chi connectivity index (χ2v) is 8.68. The van der Waals surface area contributed by atoms with Gasteiger partial charge in [-0.3, -0.25) is 4.79 Å². The Hall–Kier alpha value is -1.68. The summed E-state index contributed by atoms with van der Waals surface area (Å²) in [6.07, 6.45) is 0.799. The van der Waals surface area contributed by atoms with Crippen LogP contribution in [0.2, 0.25) is 0 Å². The molecule has 2 aromatic rings. The number of benzene rings is 1. The van der Waals surface area contributed by atoms with Crippen molar-refractivity contribution >= 4 is 17.6 Å². The molecule has 0 radical (unpaired) electrons. The molecule has 1 aromatic carbocycles. The number of carbonyl (C=O) groups is 1. The fourth-order valence-electron chi connectivity index (χ4n) is 2.59. The predicted molar refractivity (Wildman–Crippen MR) is 96.9 cm³/mol. The molecule has 0 saturated heterocycles. The van der Waals surface area contributed by atoms with Crippen molar-refractivity contribution in [3.63, 3.8) is 0 Å². The Kier molecular flexibility index (Phi) is 4.67. The van der Waals surface area contributed by atoms with Crippen molar-refractivity contribution in [3.05, 3.63) is 33.6 Å². The minimum Gasteiger partial charge on any atom is -0.496 e. The number of hydrogen-bond donors (Lipinski definition) is 0. The SMILES string of the molecule is COc1c(C(C)(C)C)cc(-c2csc(C=O)n2)cc1C(C)(C)C.